The number of ether oxygens (including phenoxy) is 3. The van der Waals surface area contributed by atoms with E-state index < -0.39 is 0 Å². The third-order valence-corrected chi connectivity index (χ3v) is 6.31. The molecule has 2 heterocycles. The number of aromatic nitrogens is 1. The molecular formula is C24H36N2O3+2. The minimum absolute atomic E-state index is 0.839. The van der Waals surface area contributed by atoms with Gasteiger partial charge in [-0.1, -0.05) is 0 Å². The van der Waals surface area contributed by atoms with Gasteiger partial charge >= 0.3 is 5.88 Å². The van der Waals surface area contributed by atoms with Gasteiger partial charge in [0, 0.05) is 24.5 Å². The van der Waals surface area contributed by atoms with Gasteiger partial charge in [-0.05, 0) is 43.0 Å². The van der Waals surface area contributed by atoms with Crippen LogP contribution in [0.4, 0.5) is 0 Å². The van der Waals surface area contributed by atoms with Crippen molar-refractivity contribution in [3.63, 3.8) is 0 Å². The Morgan fingerprint density at radius 2 is 1.66 bits per heavy atom. The van der Waals surface area contributed by atoms with Gasteiger partial charge in [-0.2, -0.15) is 4.57 Å². The number of nitrogens with zero attached hydrogens (tertiary/aromatic N) is 2. The number of likely N-dealkylation sites (N-methyl/N-ethyl adjacent to an activating group) is 1. The molecule has 5 nitrogen and oxygen atoms in total. The molecule has 0 amide bonds. The van der Waals surface area contributed by atoms with E-state index in [1.165, 1.54) is 49.2 Å². The Labute approximate surface area is 175 Å². The Hall–Kier alpha value is -2.27. The third kappa shape index (κ3) is 5.02. The molecule has 1 aromatic heterocycles. The van der Waals surface area contributed by atoms with Crippen LogP contribution in [0.25, 0.3) is 0 Å². The molecule has 0 aliphatic carbocycles. The van der Waals surface area contributed by atoms with Crippen molar-refractivity contribution in [3.05, 3.63) is 47.2 Å². The van der Waals surface area contributed by atoms with E-state index in [4.69, 9.17) is 14.2 Å². The quantitative estimate of drug-likeness (QED) is 0.367. The zero-order chi connectivity index (χ0) is 20.9. The van der Waals surface area contributed by atoms with Crippen molar-refractivity contribution in [2.24, 2.45) is 7.05 Å². The molecule has 1 unspecified atom stereocenters. The summed E-state index contributed by atoms with van der Waals surface area (Å²) in [6.45, 7) is 3.48. The first kappa shape index (κ1) is 21.4. The van der Waals surface area contributed by atoms with Crippen molar-refractivity contribution in [1.82, 2.24) is 0 Å². The number of fused-ring (bicyclic) bond motifs is 1. The van der Waals surface area contributed by atoms with Crippen LogP contribution in [-0.2, 0) is 26.4 Å². The zero-order valence-corrected chi connectivity index (χ0v) is 18.7. The van der Waals surface area contributed by atoms with Crippen LogP contribution in [0.3, 0.4) is 0 Å². The molecule has 29 heavy (non-hydrogen) atoms. The number of methoxy groups -OCH3 is 3. The number of rotatable bonds is 9. The molecule has 0 spiro atoms. The molecule has 0 radical (unpaired) electrons. The van der Waals surface area contributed by atoms with Crippen LogP contribution >= 0.6 is 0 Å². The van der Waals surface area contributed by atoms with Crippen molar-refractivity contribution < 1.29 is 23.3 Å². The Morgan fingerprint density at radius 3 is 2.34 bits per heavy atom. The Balaban J connectivity index is 1.51. The SMILES string of the molecule is COc1cc2c(cc1OC)C[N+](C)(CCCCCc1cccc(OC)[n+]1C)CC2. The molecule has 0 bridgehead atoms. The van der Waals surface area contributed by atoms with Gasteiger partial charge < -0.3 is 18.7 Å². The Bertz CT molecular complexity index is 837. The van der Waals surface area contributed by atoms with E-state index in [1.54, 1.807) is 21.3 Å². The number of aryl methyl sites for hydroxylation is 1. The zero-order valence-electron chi connectivity index (χ0n) is 18.7. The van der Waals surface area contributed by atoms with Crippen molar-refractivity contribution in [1.29, 1.82) is 0 Å². The number of hydrogen-bond donors (Lipinski definition) is 0. The van der Waals surface area contributed by atoms with Crippen LogP contribution < -0.4 is 18.8 Å². The second-order valence-electron chi connectivity index (χ2n) is 8.38. The Kier molecular flexibility index (Phi) is 7.01. The summed E-state index contributed by atoms with van der Waals surface area (Å²) in [5.74, 6) is 2.60. The summed E-state index contributed by atoms with van der Waals surface area (Å²) >= 11 is 0. The Morgan fingerprint density at radius 1 is 0.931 bits per heavy atom. The molecule has 1 aromatic carbocycles. The van der Waals surface area contributed by atoms with Crippen molar-refractivity contribution in [2.75, 3.05) is 41.5 Å². The summed E-state index contributed by atoms with van der Waals surface area (Å²) in [5, 5.41) is 0. The predicted octanol–water partition coefficient (Wildman–Crippen LogP) is 3.45. The lowest BCUT2D eigenvalue weighted by molar-refractivity contribution is -0.924. The topological polar surface area (TPSA) is 31.6 Å². The summed E-state index contributed by atoms with van der Waals surface area (Å²) in [5.41, 5.74) is 4.14. The van der Waals surface area contributed by atoms with E-state index in [9.17, 15) is 0 Å². The summed E-state index contributed by atoms with van der Waals surface area (Å²) in [6, 6.07) is 10.6. The van der Waals surface area contributed by atoms with Crippen LogP contribution in [0.1, 0.15) is 36.1 Å². The number of quaternary nitrogens is 1. The number of pyridine rings is 1. The normalized spacial score (nSPS) is 18.2. The van der Waals surface area contributed by atoms with E-state index in [1.807, 2.05) is 6.07 Å². The van der Waals surface area contributed by atoms with E-state index in [2.05, 4.69) is 42.9 Å². The molecule has 1 aliphatic heterocycles. The highest BCUT2D eigenvalue weighted by Gasteiger charge is 2.29. The molecular weight excluding hydrogens is 364 g/mol. The molecule has 2 aromatic rings. The van der Waals surface area contributed by atoms with Crippen LogP contribution in [-0.4, -0.2) is 45.9 Å². The van der Waals surface area contributed by atoms with Crippen molar-refractivity contribution >= 4 is 0 Å². The van der Waals surface area contributed by atoms with Gasteiger partial charge in [-0.3, -0.25) is 0 Å². The molecule has 5 heteroatoms. The average Bonchev–Trinajstić information content (AvgIpc) is 2.73. The predicted molar refractivity (Wildman–Crippen MR) is 115 cm³/mol. The van der Waals surface area contributed by atoms with Gasteiger partial charge in [-0.25, -0.2) is 0 Å². The van der Waals surface area contributed by atoms with Gasteiger partial charge in [-0.15, -0.1) is 0 Å². The first-order valence-electron chi connectivity index (χ1n) is 10.6. The second kappa shape index (κ2) is 9.49. The fraction of sp³-hybridized carbons (Fsp3) is 0.542. The number of benzene rings is 1. The van der Waals surface area contributed by atoms with Crippen LogP contribution in [0, 0.1) is 0 Å². The maximum Gasteiger partial charge on any atom is 0.367 e. The van der Waals surface area contributed by atoms with Crippen LogP contribution in [0.5, 0.6) is 17.4 Å². The average molecular weight is 401 g/mol. The van der Waals surface area contributed by atoms with Gasteiger partial charge in [0.05, 0.1) is 47.5 Å². The minimum Gasteiger partial charge on any atom is -0.493 e. The molecule has 158 valence electrons. The minimum atomic E-state index is 0.839. The highest BCUT2D eigenvalue weighted by Crippen LogP contribution is 2.34. The molecule has 0 saturated heterocycles. The van der Waals surface area contributed by atoms with E-state index in [0.717, 1.165) is 41.2 Å². The largest absolute Gasteiger partial charge is 0.493 e. The molecule has 0 saturated carbocycles. The summed E-state index contributed by atoms with van der Waals surface area (Å²) in [7, 11) is 9.62. The molecule has 0 N–H and O–H groups in total. The summed E-state index contributed by atoms with van der Waals surface area (Å²) < 4.78 is 19.6. The van der Waals surface area contributed by atoms with E-state index in [-0.39, 0.29) is 0 Å². The number of unbranched alkanes of at least 4 members (excludes halogenated alkanes) is 2. The fourth-order valence-corrected chi connectivity index (χ4v) is 4.45. The molecule has 1 atom stereocenters. The smallest absolute Gasteiger partial charge is 0.367 e. The highest BCUT2D eigenvalue weighted by molar-refractivity contribution is 5.47. The van der Waals surface area contributed by atoms with Gasteiger partial charge in [0.1, 0.15) is 13.6 Å². The molecule has 1 aliphatic rings. The van der Waals surface area contributed by atoms with Crippen LogP contribution in [0.15, 0.2) is 30.3 Å². The lowest BCUT2D eigenvalue weighted by atomic mass is 9.96. The fourth-order valence-electron chi connectivity index (χ4n) is 4.45. The first-order chi connectivity index (χ1) is 14.0. The molecule has 0 fully saturated rings. The van der Waals surface area contributed by atoms with Crippen molar-refractivity contribution in [3.8, 4) is 17.4 Å². The maximum atomic E-state index is 5.51. The van der Waals surface area contributed by atoms with E-state index >= 15 is 0 Å². The number of hydrogen-bond acceptors (Lipinski definition) is 3. The highest BCUT2D eigenvalue weighted by atomic mass is 16.5. The molecule has 3 rings (SSSR count). The van der Waals surface area contributed by atoms with Gasteiger partial charge in [0.15, 0.2) is 17.2 Å². The lowest BCUT2D eigenvalue weighted by Gasteiger charge is -2.39. The van der Waals surface area contributed by atoms with E-state index in [0.29, 0.717) is 0 Å². The van der Waals surface area contributed by atoms with Gasteiger partial charge in [0.2, 0.25) is 0 Å². The standard InChI is InChI=1S/C24H36N2O3/c1-25-21(11-9-12-24(25)29-5)10-7-6-8-14-26(2)15-13-19-16-22(27-3)23(28-4)17-20(19)18-26/h9,11-12,16-17H,6-8,10,13-15,18H2,1-5H3/q+2. The maximum absolute atomic E-state index is 5.51. The second-order valence-corrected chi connectivity index (χ2v) is 8.38. The van der Waals surface area contributed by atoms with Crippen molar-refractivity contribution in [2.45, 2.75) is 38.6 Å². The summed E-state index contributed by atoms with van der Waals surface area (Å²) in [6.07, 6.45) is 5.92. The first-order valence-corrected chi connectivity index (χ1v) is 10.6. The lowest BCUT2D eigenvalue weighted by Crippen LogP contribution is -2.48. The van der Waals surface area contributed by atoms with Gasteiger partial charge in [0.25, 0.3) is 0 Å². The summed E-state index contributed by atoms with van der Waals surface area (Å²) in [4.78, 5) is 0. The monoisotopic (exact) mass is 400 g/mol. The third-order valence-electron chi connectivity index (χ3n) is 6.31. The van der Waals surface area contributed by atoms with Crippen LogP contribution in [0.2, 0.25) is 0 Å².